The molecule has 0 N–H and O–H groups in total. The number of esters is 1. The van der Waals surface area contributed by atoms with Crippen molar-refractivity contribution in [3.05, 3.63) is 0 Å². The summed E-state index contributed by atoms with van der Waals surface area (Å²) in [5.41, 5.74) is 0.633. The number of carbonyl (C=O) groups excluding carboxylic acids is 1. The summed E-state index contributed by atoms with van der Waals surface area (Å²) < 4.78 is 17.9. The molecule has 1 spiro atoms. The van der Waals surface area contributed by atoms with Gasteiger partial charge in [0.25, 0.3) is 0 Å². The minimum atomic E-state index is -0.256. The molecule has 1 aliphatic heterocycles. The zero-order valence-electron chi connectivity index (χ0n) is 17.3. The summed E-state index contributed by atoms with van der Waals surface area (Å²) in [6.07, 6.45) is 11.0. The summed E-state index contributed by atoms with van der Waals surface area (Å²) >= 11 is 0. The molecule has 5 rings (SSSR count). The van der Waals surface area contributed by atoms with Gasteiger partial charge in [0.15, 0.2) is 5.79 Å². The van der Waals surface area contributed by atoms with Crippen molar-refractivity contribution in [2.45, 2.75) is 90.4 Å². The van der Waals surface area contributed by atoms with Crippen LogP contribution in [0, 0.1) is 34.5 Å². The summed E-state index contributed by atoms with van der Waals surface area (Å²) in [6.45, 7) is 8.11. The van der Waals surface area contributed by atoms with Crippen LogP contribution in [0.5, 0.6) is 0 Å². The first kappa shape index (κ1) is 18.4. The molecule has 4 saturated carbocycles. The number of fused-ring (bicyclic) bond motifs is 5. The molecular weight excluding hydrogens is 340 g/mol. The van der Waals surface area contributed by atoms with Crippen LogP contribution in [0.3, 0.4) is 0 Å². The second-order valence-electron chi connectivity index (χ2n) is 10.7. The van der Waals surface area contributed by atoms with Crippen LogP contribution in [0.1, 0.15) is 78.6 Å². The fraction of sp³-hybridized carbons (Fsp3) is 0.957. The number of carbonyl (C=O) groups is 1. The molecule has 4 heteroatoms. The molecule has 5 aliphatic rings. The van der Waals surface area contributed by atoms with Gasteiger partial charge in [0, 0.05) is 25.2 Å². The van der Waals surface area contributed by atoms with E-state index in [1.54, 1.807) is 6.92 Å². The Balaban J connectivity index is 1.37. The molecule has 1 heterocycles. The molecule has 0 unspecified atom stereocenters. The first-order valence-electron chi connectivity index (χ1n) is 11.3. The fourth-order valence-electron chi connectivity index (χ4n) is 8.30. The predicted octanol–water partition coefficient (Wildman–Crippen LogP) is 4.70. The molecule has 0 bridgehead atoms. The van der Waals surface area contributed by atoms with Crippen LogP contribution in [-0.4, -0.2) is 31.1 Å². The van der Waals surface area contributed by atoms with Crippen LogP contribution in [0.15, 0.2) is 0 Å². The summed E-state index contributed by atoms with van der Waals surface area (Å²) in [5, 5.41) is 0. The molecule has 4 aliphatic carbocycles. The van der Waals surface area contributed by atoms with Crippen molar-refractivity contribution >= 4 is 5.97 Å². The average molecular weight is 377 g/mol. The Morgan fingerprint density at radius 1 is 0.889 bits per heavy atom. The zero-order valence-corrected chi connectivity index (χ0v) is 17.3. The van der Waals surface area contributed by atoms with Gasteiger partial charge in [-0.25, -0.2) is 0 Å². The Bertz CT molecular complexity index is 611. The number of hydrogen-bond donors (Lipinski definition) is 0. The zero-order chi connectivity index (χ0) is 18.9. The molecule has 1 saturated heterocycles. The normalized spacial score (nSPS) is 50.7. The molecule has 0 amide bonds. The molecule has 7 atom stereocenters. The van der Waals surface area contributed by atoms with Crippen LogP contribution in [0.25, 0.3) is 0 Å². The van der Waals surface area contributed by atoms with Gasteiger partial charge in [-0.2, -0.15) is 0 Å². The van der Waals surface area contributed by atoms with E-state index in [-0.39, 0.29) is 23.3 Å². The summed E-state index contributed by atoms with van der Waals surface area (Å²) in [6, 6.07) is 0. The van der Waals surface area contributed by atoms with E-state index in [4.69, 9.17) is 14.2 Å². The molecule has 27 heavy (non-hydrogen) atoms. The summed E-state index contributed by atoms with van der Waals surface area (Å²) in [4.78, 5) is 11.6. The lowest BCUT2D eigenvalue weighted by Crippen LogP contribution is -2.56. The van der Waals surface area contributed by atoms with Gasteiger partial charge in [-0.1, -0.05) is 13.8 Å². The van der Waals surface area contributed by atoms with E-state index in [1.807, 2.05) is 0 Å². The van der Waals surface area contributed by atoms with Gasteiger partial charge in [-0.15, -0.1) is 0 Å². The van der Waals surface area contributed by atoms with Crippen molar-refractivity contribution in [2.75, 3.05) is 13.2 Å². The monoisotopic (exact) mass is 376 g/mol. The van der Waals surface area contributed by atoms with E-state index in [2.05, 4.69) is 13.8 Å². The van der Waals surface area contributed by atoms with Gasteiger partial charge in [0.1, 0.15) is 6.10 Å². The predicted molar refractivity (Wildman–Crippen MR) is 102 cm³/mol. The number of ether oxygens (including phenoxy) is 3. The highest BCUT2D eigenvalue weighted by atomic mass is 16.7. The highest BCUT2D eigenvalue weighted by Gasteiger charge is 2.62. The topological polar surface area (TPSA) is 44.8 Å². The minimum absolute atomic E-state index is 0.103. The van der Waals surface area contributed by atoms with E-state index in [0.29, 0.717) is 5.41 Å². The second kappa shape index (κ2) is 6.19. The van der Waals surface area contributed by atoms with Crippen LogP contribution in [-0.2, 0) is 19.0 Å². The quantitative estimate of drug-likeness (QED) is 0.622. The number of rotatable bonds is 1. The van der Waals surface area contributed by atoms with E-state index < -0.39 is 0 Å². The Labute approximate surface area is 163 Å². The van der Waals surface area contributed by atoms with E-state index in [1.165, 1.54) is 38.5 Å². The van der Waals surface area contributed by atoms with Gasteiger partial charge in [0.2, 0.25) is 0 Å². The third-order valence-corrected chi connectivity index (χ3v) is 9.70. The fourth-order valence-corrected chi connectivity index (χ4v) is 8.30. The van der Waals surface area contributed by atoms with Gasteiger partial charge in [-0.05, 0) is 74.0 Å². The van der Waals surface area contributed by atoms with Crippen LogP contribution in [0.4, 0.5) is 0 Å². The van der Waals surface area contributed by atoms with Crippen molar-refractivity contribution in [3.63, 3.8) is 0 Å². The highest BCUT2D eigenvalue weighted by molar-refractivity contribution is 5.66. The van der Waals surface area contributed by atoms with Gasteiger partial charge in [0.05, 0.1) is 13.2 Å². The Morgan fingerprint density at radius 3 is 2.37 bits per heavy atom. The van der Waals surface area contributed by atoms with E-state index >= 15 is 0 Å². The smallest absolute Gasteiger partial charge is 0.302 e. The first-order valence-corrected chi connectivity index (χ1v) is 11.3. The molecule has 0 aromatic heterocycles. The summed E-state index contributed by atoms with van der Waals surface area (Å²) in [7, 11) is 0. The van der Waals surface area contributed by atoms with Gasteiger partial charge >= 0.3 is 5.97 Å². The molecule has 0 aromatic rings. The number of hydrogen-bond acceptors (Lipinski definition) is 4. The minimum Gasteiger partial charge on any atom is -0.462 e. The first-order chi connectivity index (χ1) is 12.9. The lowest BCUT2D eigenvalue weighted by atomic mass is 9.45. The molecule has 0 aromatic carbocycles. The molecule has 4 nitrogen and oxygen atoms in total. The maximum absolute atomic E-state index is 11.6. The largest absolute Gasteiger partial charge is 0.462 e. The van der Waals surface area contributed by atoms with Gasteiger partial charge < -0.3 is 14.2 Å². The Kier molecular flexibility index (Phi) is 4.22. The van der Waals surface area contributed by atoms with Gasteiger partial charge in [-0.3, -0.25) is 4.79 Å². The molecule has 5 fully saturated rings. The average Bonchev–Trinajstić information content (AvgIpc) is 3.21. The maximum atomic E-state index is 11.6. The van der Waals surface area contributed by atoms with E-state index in [0.717, 1.165) is 56.1 Å². The Hall–Kier alpha value is -0.610. The van der Waals surface area contributed by atoms with Crippen LogP contribution in [0.2, 0.25) is 0 Å². The van der Waals surface area contributed by atoms with Crippen LogP contribution >= 0.6 is 0 Å². The summed E-state index contributed by atoms with van der Waals surface area (Å²) in [5.74, 6) is 2.74. The van der Waals surface area contributed by atoms with Crippen LogP contribution < -0.4 is 0 Å². The molecule has 152 valence electrons. The van der Waals surface area contributed by atoms with Crippen molar-refractivity contribution in [1.29, 1.82) is 0 Å². The molecular formula is C23H36O4. The maximum Gasteiger partial charge on any atom is 0.302 e. The lowest BCUT2D eigenvalue weighted by molar-refractivity contribution is -0.230. The SMILES string of the molecule is CC(=O)O[C@H]1CC[C@H]2[C@@H]3CC[C@@H]4CC5(CC[C@]4(C)[C@H]3CC[C@]12C)OCCO5. The molecule has 0 radical (unpaired) electrons. The Morgan fingerprint density at radius 2 is 1.63 bits per heavy atom. The second-order valence-corrected chi connectivity index (χ2v) is 10.7. The lowest BCUT2D eigenvalue weighted by Gasteiger charge is -2.61. The third-order valence-electron chi connectivity index (χ3n) is 9.70. The van der Waals surface area contributed by atoms with E-state index in [9.17, 15) is 4.79 Å². The van der Waals surface area contributed by atoms with Crippen molar-refractivity contribution in [1.82, 2.24) is 0 Å². The van der Waals surface area contributed by atoms with Crippen molar-refractivity contribution in [3.8, 4) is 0 Å². The van der Waals surface area contributed by atoms with Crippen molar-refractivity contribution in [2.24, 2.45) is 34.5 Å². The van der Waals surface area contributed by atoms with Crippen molar-refractivity contribution < 1.29 is 19.0 Å². The third kappa shape index (κ3) is 2.65. The highest BCUT2D eigenvalue weighted by Crippen LogP contribution is 2.67. The standard InChI is InChI=1S/C23H36O4/c1-15(24)27-20-7-6-18-17-5-4-16-14-23(25-12-13-26-23)11-10-21(16,2)19(17)8-9-22(18,20)3/h16-20H,4-14H2,1-3H3/t16-,17+,18+,19+,20+,21+,22+/m1/s1.